The third-order valence-corrected chi connectivity index (χ3v) is 7.64. The monoisotopic (exact) mass is 350 g/mol. The number of ether oxygens (including phenoxy) is 3. The molecule has 0 saturated heterocycles. The lowest BCUT2D eigenvalue weighted by Gasteiger charge is -2.52. The summed E-state index contributed by atoms with van der Waals surface area (Å²) in [4.78, 5) is 0. The second-order valence-corrected chi connectivity index (χ2v) is 8.78. The van der Waals surface area contributed by atoms with Crippen LogP contribution in [0.3, 0.4) is 0 Å². The lowest BCUT2D eigenvalue weighted by molar-refractivity contribution is 0.0786. The van der Waals surface area contributed by atoms with Crippen molar-refractivity contribution in [3.63, 3.8) is 0 Å². The fourth-order valence-electron chi connectivity index (χ4n) is 6.37. The molecule has 1 heterocycles. The molecule has 1 spiro atoms. The maximum atomic E-state index is 6.57. The molecule has 26 heavy (non-hydrogen) atoms. The minimum absolute atomic E-state index is 0.0255. The lowest BCUT2D eigenvalue weighted by Crippen LogP contribution is -2.52. The van der Waals surface area contributed by atoms with E-state index < -0.39 is 0 Å². The molecular formula is C23H26O3. The van der Waals surface area contributed by atoms with Crippen LogP contribution < -0.4 is 9.47 Å². The number of benzene rings is 1. The van der Waals surface area contributed by atoms with Gasteiger partial charge in [-0.1, -0.05) is 30.6 Å². The summed E-state index contributed by atoms with van der Waals surface area (Å²) in [6.45, 7) is 0. The largest absolute Gasteiger partial charge is 0.497 e. The van der Waals surface area contributed by atoms with Gasteiger partial charge in [0.25, 0.3) is 0 Å². The molecule has 1 aromatic carbocycles. The van der Waals surface area contributed by atoms with Crippen LogP contribution in [0.2, 0.25) is 0 Å². The molecule has 0 aromatic heterocycles. The van der Waals surface area contributed by atoms with Crippen molar-refractivity contribution < 1.29 is 14.2 Å². The predicted molar refractivity (Wildman–Crippen MR) is 99.5 cm³/mol. The minimum atomic E-state index is -0.0257. The molecule has 3 heteroatoms. The summed E-state index contributed by atoms with van der Waals surface area (Å²) in [5.74, 6) is 5.27. The SMILES string of the molecule is COC1=CC=C2[C@H]3Cc4ccc(OC)c5c4[C@@]2(CC[C@H]3CC2CC2)[C@H]1O5. The van der Waals surface area contributed by atoms with Gasteiger partial charge in [-0.15, -0.1) is 0 Å². The predicted octanol–water partition coefficient (Wildman–Crippen LogP) is 4.55. The fraction of sp³-hybridized carbons (Fsp3) is 0.565. The summed E-state index contributed by atoms with van der Waals surface area (Å²) < 4.78 is 18.0. The Morgan fingerprint density at radius 3 is 2.77 bits per heavy atom. The van der Waals surface area contributed by atoms with Crippen LogP contribution >= 0.6 is 0 Å². The van der Waals surface area contributed by atoms with Crippen LogP contribution in [0.4, 0.5) is 0 Å². The van der Waals surface area contributed by atoms with Gasteiger partial charge in [0.2, 0.25) is 0 Å². The van der Waals surface area contributed by atoms with Gasteiger partial charge in [-0.2, -0.15) is 0 Å². The smallest absolute Gasteiger partial charge is 0.169 e. The number of allylic oxidation sites excluding steroid dienone is 2. The molecule has 2 bridgehead atoms. The quantitative estimate of drug-likeness (QED) is 0.797. The molecule has 0 radical (unpaired) electrons. The second kappa shape index (κ2) is 5.09. The molecule has 3 nitrogen and oxygen atoms in total. The number of methoxy groups -OCH3 is 2. The first-order valence-electron chi connectivity index (χ1n) is 10.1. The van der Waals surface area contributed by atoms with Crippen LogP contribution in [0.25, 0.3) is 0 Å². The average Bonchev–Trinajstić information content (AvgIpc) is 3.41. The van der Waals surface area contributed by atoms with E-state index in [1.165, 1.54) is 43.2 Å². The maximum absolute atomic E-state index is 6.57. The summed E-state index contributed by atoms with van der Waals surface area (Å²) in [5.41, 5.74) is 4.46. The Kier molecular flexibility index (Phi) is 2.97. The number of hydrogen-bond acceptors (Lipinski definition) is 3. The Hall–Kier alpha value is -1.90. The van der Waals surface area contributed by atoms with E-state index in [9.17, 15) is 0 Å². The van der Waals surface area contributed by atoms with E-state index in [0.29, 0.717) is 5.92 Å². The Morgan fingerprint density at radius 1 is 1.12 bits per heavy atom. The molecule has 5 aliphatic rings. The zero-order valence-corrected chi connectivity index (χ0v) is 15.6. The Balaban J connectivity index is 1.56. The van der Waals surface area contributed by atoms with Crippen LogP contribution in [0.5, 0.6) is 11.5 Å². The fourth-order valence-corrected chi connectivity index (χ4v) is 6.37. The standard InChI is InChI=1S/C23H26O3/c1-24-18-7-5-15-12-16-14(11-13-3-4-13)9-10-23-17(16)6-8-19(25-2)22(23)26-21(18)20(15)23/h5-8,13-14,16,22H,3-4,9-12H2,1-2H3/t14-,16-,22-,23-/m0/s1. The van der Waals surface area contributed by atoms with Crippen LogP contribution in [0.15, 0.2) is 35.6 Å². The van der Waals surface area contributed by atoms with Crippen molar-refractivity contribution >= 4 is 0 Å². The zero-order valence-electron chi connectivity index (χ0n) is 15.6. The van der Waals surface area contributed by atoms with Crippen molar-refractivity contribution in [2.24, 2.45) is 17.8 Å². The Bertz CT molecular complexity index is 847. The van der Waals surface area contributed by atoms with Crippen molar-refractivity contribution in [1.82, 2.24) is 0 Å². The van der Waals surface area contributed by atoms with E-state index >= 15 is 0 Å². The third-order valence-electron chi connectivity index (χ3n) is 7.64. The van der Waals surface area contributed by atoms with Gasteiger partial charge in [0, 0.05) is 5.56 Å². The van der Waals surface area contributed by atoms with E-state index in [1.807, 2.05) is 0 Å². The number of rotatable bonds is 4. The van der Waals surface area contributed by atoms with Gasteiger partial charge in [-0.25, -0.2) is 0 Å². The van der Waals surface area contributed by atoms with Gasteiger partial charge >= 0.3 is 0 Å². The summed E-state index contributed by atoms with van der Waals surface area (Å²) in [6, 6.07) is 4.39. The topological polar surface area (TPSA) is 27.7 Å². The van der Waals surface area contributed by atoms with E-state index in [0.717, 1.165) is 35.5 Å². The van der Waals surface area contributed by atoms with Crippen molar-refractivity contribution in [2.75, 3.05) is 14.2 Å². The Labute approximate surface area is 155 Å². The second-order valence-electron chi connectivity index (χ2n) is 8.78. The van der Waals surface area contributed by atoms with Crippen LogP contribution in [-0.2, 0) is 16.6 Å². The highest BCUT2D eigenvalue weighted by Crippen LogP contribution is 2.66. The maximum Gasteiger partial charge on any atom is 0.169 e. The molecule has 1 aliphatic heterocycles. The molecule has 0 unspecified atom stereocenters. The summed E-state index contributed by atoms with van der Waals surface area (Å²) >= 11 is 0. The molecule has 0 N–H and O–H groups in total. The number of hydrogen-bond donors (Lipinski definition) is 0. The Morgan fingerprint density at radius 2 is 2.00 bits per heavy atom. The van der Waals surface area contributed by atoms with Crippen molar-refractivity contribution in [2.45, 2.75) is 50.0 Å². The van der Waals surface area contributed by atoms with Crippen molar-refractivity contribution in [1.29, 1.82) is 0 Å². The highest BCUT2D eigenvalue weighted by atomic mass is 16.6. The molecule has 6 rings (SSSR count). The van der Waals surface area contributed by atoms with Gasteiger partial charge in [-0.3, -0.25) is 0 Å². The van der Waals surface area contributed by atoms with E-state index in [-0.39, 0.29) is 11.5 Å². The summed E-state index contributed by atoms with van der Waals surface area (Å²) in [7, 11) is 3.51. The average molecular weight is 350 g/mol. The molecular weight excluding hydrogens is 324 g/mol. The van der Waals surface area contributed by atoms with Gasteiger partial charge in [0.15, 0.2) is 17.6 Å². The molecule has 4 aliphatic carbocycles. The molecule has 4 atom stereocenters. The highest BCUT2D eigenvalue weighted by molar-refractivity contribution is 5.67. The van der Waals surface area contributed by atoms with E-state index in [4.69, 9.17) is 14.2 Å². The first-order chi connectivity index (χ1) is 12.8. The van der Waals surface area contributed by atoms with Gasteiger partial charge < -0.3 is 14.2 Å². The summed E-state index contributed by atoms with van der Waals surface area (Å²) in [5, 5.41) is 0. The van der Waals surface area contributed by atoms with Gasteiger partial charge in [-0.05, 0) is 61.1 Å². The highest BCUT2D eigenvalue weighted by Gasteiger charge is 2.62. The van der Waals surface area contributed by atoms with Crippen LogP contribution in [0.1, 0.15) is 43.2 Å². The first kappa shape index (κ1) is 15.2. The normalized spacial score (nSPS) is 35.8. The summed E-state index contributed by atoms with van der Waals surface area (Å²) in [6.07, 6.45) is 12.5. The van der Waals surface area contributed by atoms with E-state index in [1.54, 1.807) is 19.8 Å². The third kappa shape index (κ3) is 1.74. The van der Waals surface area contributed by atoms with Gasteiger partial charge in [0.05, 0.1) is 19.6 Å². The molecule has 136 valence electrons. The zero-order chi connectivity index (χ0) is 17.5. The van der Waals surface area contributed by atoms with Crippen molar-refractivity contribution in [3.05, 3.63) is 46.7 Å². The minimum Gasteiger partial charge on any atom is -0.497 e. The first-order valence-corrected chi connectivity index (χ1v) is 10.1. The van der Waals surface area contributed by atoms with Gasteiger partial charge in [0.1, 0.15) is 5.76 Å². The van der Waals surface area contributed by atoms with Crippen LogP contribution in [-0.4, -0.2) is 20.3 Å². The molecule has 1 aromatic rings. The van der Waals surface area contributed by atoms with E-state index in [2.05, 4.69) is 24.3 Å². The molecule has 2 fully saturated rings. The van der Waals surface area contributed by atoms with Crippen LogP contribution in [0, 0.1) is 17.8 Å². The molecule has 0 amide bonds. The van der Waals surface area contributed by atoms with Crippen molar-refractivity contribution in [3.8, 4) is 11.5 Å². The molecule has 2 saturated carbocycles. The lowest BCUT2D eigenvalue weighted by atomic mass is 9.50.